The molecule has 0 amide bonds. The predicted octanol–water partition coefficient (Wildman–Crippen LogP) is 3.58. The molecule has 0 saturated heterocycles. The molecule has 0 spiro atoms. The lowest BCUT2D eigenvalue weighted by Crippen LogP contribution is -2.16. The van der Waals surface area contributed by atoms with Crippen LogP contribution in [0.1, 0.15) is 53.9 Å². The highest BCUT2D eigenvalue weighted by Crippen LogP contribution is 2.39. The molecule has 0 aromatic rings. The summed E-state index contributed by atoms with van der Waals surface area (Å²) in [5.41, 5.74) is 0. The Kier molecular flexibility index (Phi) is 7.57. The smallest absolute Gasteiger partial charge is 0.303 e. The van der Waals surface area contributed by atoms with Gasteiger partial charge in [0.25, 0.3) is 0 Å². The molecule has 0 heterocycles. The minimum atomic E-state index is -4.35. The van der Waals surface area contributed by atoms with Gasteiger partial charge < -0.3 is 9.79 Å². The Labute approximate surface area is 105 Å². The zero-order valence-corrected chi connectivity index (χ0v) is 12.5. The zero-order chi connectivity index (χ0) is 13.6. The van der Waals surface area contributed by atoms with E-state index in [0.29, 0.717) is 24.2 Å². The highest BCUT2D eigenvalue weighted by Gasteiger charge is 2.22. The molecule has 2 N–H and O–H groups in total. The van der Waals surface area contributed by atoms with Crippen LogP contribution >= 0.6 is 7.82 Å². The van der Waals surface area contributed by atoms with Crippen LogP contribution in [-0.4, -0.2) is 15.9 Å². The van der Waals surface area contributed by atoms with Crippen molar-refractivity contribution in [3.05, 3.63) is 0 Å². The molecule has 0 aliphatic heterocycles. The van der Waals surface area contributed by atoms with Crippen molar-refractivity contribution in [2.75, 3.05) is 0 Å². The maximum Gasteiger partial charge on any atom is 0.469 e. The lowest BCUT2D eigenvalue weighted by Gasteiger charge is -2.24. The lowest BCUT2D eigenvalue weighted by molar-refractivity contribution is 0.117. The Balaban J connectivity index is 4.26. The summed E-state index contributed by atoms with van der Waals surface area (Å²) >= 11 is 0. The lowest BCUT2D eigenvalue weighted by atomic mass is 9.86. The van der Waals surface area contributed by atoms with Crippen molar-refractivity contribution in [1.29, 1.82) is 0 Å². The van der Waals surface area contributed by atoms with E-state index in [4.69, 9.17) is 14.3 Å². The van der Waals surface area contributed by atoms with Gasteiger partial charge in [-0.25, -0.2) is 4.57 Å². The minimum Gasteiger partial charge on any atom is -0.303 e. The van der Waals surface area contributed by atoms with Gasteiger partial charge in [0.15, 0.2) is 0 Å². The van der Waals surface area contributed by atoms with Gasteiger partial charge in [0.1, 0.15) is 0 Å². The van der Waals surface area contributed by atoms with Gasteiger partial charge in [0.2, 0.25) is 0 Å². The fourth-order valence-electron chi connectivity index (χ4n) is 2.37. The van der Waals surface area contributed by atoms with Gasteiger partial charge in [-0.2, -0.15) is 0 Å². The largest absolute Gasteiger partial charge is 0.469 e. The highest BCUT2D eigenvalue weighted by atomic mass is 31.2. The summed E-state index contributed by atoms with van der Waals surface area (Å²) in [5, 5.41) is 0. The Hall–Kier alpha value is 0.110. The molecule has 0 aromatic heterocycles. The molecule has 1 atom stereocenters. The summed E-state index contributed by atoms with van der Waals surface area (Å²) in [6.45, 7) is 10.4. The first-order valence-corrected chi connectivity index (χ1v) is 7.87. The Morgan fingerprint density at radius 1 is 0.941 bits per heavy atom. The molecule has 0 aliphatic rings. The Morgan fingerprint density at radius 2 is 1.35 bits per heavy atom. The van der Waals surface area contributed by atoms with Crippen molar-refractivity contribution in [3.63, 3.8) is 0 Å². The van der Waals surface area contributed by atoms with Crippen LogP contribution in [0.5, 0.6) is 0 Å². The maximum absolute atomic E-state index is 10.7. The molecule has 0 saturated carbocycles. The van der Waals surface area contributed by atoms with Gasteiger partial charge in [0.05, 0.1) is 6.10 Å². The maximum atomic E-state index is 10.7. The first-order chi connectivity index (χ1) is 7.60. The van der Waals surface area contributed by atoms with Crippen LogP contribution in [0.3, 0.4) is 0 Å². The first kappa shape index (κ1) is 17.1. The van der Waals surface area contributed by atoms with E-state index in [1.807, 2.05) is 0 Å². The summed E-state index contributed by atoms with van der Waals surface area (Å²) < 4.78 is 15.4. The Morgan fingerprint density at radius 3 is 1.65 bits per heavy atom. The van der Waals surface area contributed by atoms with Crippen LogP contribution in [0, 0.1) is 17.8 Å². The second-order valence-electron chi connectivity index (χ2n) is 5.77. The second kappa shape index (κ2) is 7.52. The molecular weight excluding hydrogens is 239 g/mol. The average Bonchev–Trinajstić information content (AvgIpc) is 1.95. The van der Waals surface area contributed by atoms with Crippen LogP contribution in [0.2, 0.25) is 0 Å². The van der Waals surface area contributed by atoms with Gasteiger partial charge in [-0.1, -0.05) is 27.7 Å². The summed E-state index contributed by atoms with van der Waals surface area (Å²) in [5.74, 6) is 1.67. The molecule has 0 radical (unpaired) electrons. The molecule has 5 heteroatoms. The molecule has 0 bridgehead atoms. The van der Waals surface area contributed by atoms with E-state index in [0.717, 1.165) is 12.8 Å². The number of phosphoric ester groups is 1. The van der Waals surface area contributed by atoms with Crippen molar-refractivity contribution >= 4 is 7.82 Å². The minimum absolute atomic E-state index is 0.390. The molecule has 0 aliphatic carbocycles. The van der Waals surface area contributed by atoms with Gasteiger partial charge in [-0.05, 0) is 43.9 Å². The molecule has 0 fully saturated rings. The summed E-state index contributed by atoms with van der Waals surface area (Å²) in [6, 6.07) is 0. The van der Waals surface area contributed by atoms with E-state index in [-0.39, 0.29) is 0 Å². The van der Waals surface area contributed by atoms with Crippen LogP contribution in [0.25, 0.3) is 0 Å². The topological polar surface area (TPSA) is 66.8 Å². The van der Waals surface area contributed by atoms with E-state index in [1.54, 1.807) is 6.92 Å². The normalized spacial score (nSPS) is 14.9. The van der Waals surface area contributed by atoms with Crippen molar-refractivity contribution in [1.82, 2.24) is 0 Å². The fourth-order valence-corrected chi connectivity index (χ4v) is 2.92. The van der Waals surface area contributed by atoms with E-state index in [9.17, 15) is 4.57 Å². The van der Waals surface area contributed by atoms with E-state index in [1.165, 1.54) is 0 Å². The third-order valence-electron chi connectivity index (χ3n) is 2.59. The molecule has 0 rings (SSSR count). The van der Waals surface area contributed by atoms with Crippen LogP contribution in [-0.2, 0) is 9.09 Å². The molecule has 1 unspecified atom stereocenters. The molecule has 4 nitrogen and oxygen atoms in total. The molecular formula is C12H27O4P. The third kappa shape index (κ3) is 11.0. The van der Waals surface area contributed by atoms with Crippen molar-refractivity contribution in [2.24, 2.45) is 17.8 Å². The summed E-state index contributed by atoms with van der Waals surface area (Å²) in [7, 11) is -4.35. The highest BCUT2D eigenvalue weighted by molar-refractivity contribution is 7.46. The molecule has 0 aromatic carbocycles. The van der Waals surface area contributed by atoms with E-state index in [2.05, 4.69) is 27.7 Å². The third-order valence-corrected chi connectivity index (χ3v) is 3.23. The monoisotopic (exact) mass is 266 g/mol. The Bertz CT molecular complexity index is 237. The SMILES string of the molecule is CC(C)CC(CC(C)C)CC(C)OP(=O)(O)O. The quantitative estimate of drug-likeness (QED) is 0.659. The fraction of sp³-hybridized carbons (Fsp3) is 1.00. The van der Waals surface area contributed by atoms with Crippen molar-refractivity contribution in [2.45, 2.75) is 60.0 Å². The predicted molar refractivity (Wildman–Crippen MR) is 69.6 cm³/mol. The van der Waals surface area contributed by atoms with Crippen LogP contribution in [0.15, 0.2) is 0 Å². The van der Waals surface area contributed by atoms with Crippen molar-refractivity contribution in [3.8, 4) is 0 Å². The molecule has 17 heavy (non-hydrogen) atoms. The van der Waals surface area contributed by atoms with Crippen LogP contribution < -0.4 is 0 Å². The van der Waals surface area contributed by atoms with Gasteiger partial charge in [0, 0.05) is 0 Å². The van der Waals surface area contributed by atoms with Crippen molar-refractivity contribution < 1.29 is 18.9 Å². The van der Waals surface area contributed by atoms with Gasteiger partial charge >= 0.3 is 7.82 Å². The summed E-state index contributed by atoms with van der Waals surface area (Å²) in [6.07, 6.45) is 2.47. The van der Waals surface area contributed by atoms with Gasteiger partial charge in [-0.3, -0.25) is 4.52 Å². The van der Waals surface area contributed by atoms with E-state index >= 15 is 0 Å². The number of phosphoric acid groups is 1. The molecule has 104 valence electrons. The average molecular weight is 266 g/mol. The standard InChI is InChI=1S/C12H27O4P/c1-9(2)6-12(7-10(3)4)8-11(5)16-17(13,14)15/h9-12H,6-8H2,1-5H3,(H2,13,14,15). The number of hydrogen-bond acceptors (Lipinski definition) is 2. The van der Waals surface area contributed by atoms with E-state index < -0.39 is 13.9 Å². The zero-order valence-electron chi connectivity index (χ0n) is 11.6. The second-order valence-corrected chi connectivity index (χ2v) is 6.96. The number of rotatable bonds is 8. The van der Waals surface area contributed by atoms with Crippen LogP contribution in [0.4, 0.5) is 0 Å². The first-order valence-electron chi connectivity index (χ1n) is 6.34. The number of hydrogen-bond donors (Lipinski definition) is 2. The summed E-state index contributed by atoms with van der Waals surface area (Å²) in [4.78, 5) is 17.5. The van der Waals surface area contributed by atoms with Gasteiger partial charge in [-0.15, -0.1) is 0 Å².